The lowest BCUT2D eigenvalue weighted by Gasteiger charge is -2.21. The quantitative estimate of drug-likeness (QED) is 0.735. The van der Waals surface area contributed by atoms with E-state index in [0.717, 1.165) is 0 Å². The second-order valence-corrected chi connectivity index (χ2v) is 6.61. The number of H-pyrrole nitrogens is 1. The van der Waals surface area contributed by atoms with Crippen LogP contribution in [0, 0.1) is 5.82 Å². The minimum absolute atomic E-state index is 0.0380. The predicted molar refractivity (Wildman–Crippen MR) is 99.7 cm³/mol. The first kappa shape index (κ1) is 18.0. The predicted octanol–water partition coefficient (Wildman–Crippen LogP) is 2.25. The summed E-state index contributed by atoms with van der Waals surface area (Å²) in [4.78, 5) is 43.9. The van der Waals surface area contributed by atoms with Gasteiger partial charge in [-0.25, -0.2) is 4.39 Å². The highest BCUT2D eigenvalue weighted by Gasteiger charge is 2.26. The van der Waals surface area contributed by atoms with Crippen molar-refractivity contribution < 1.29 is 18.4 Å². The Kier molecular flexibility index (Phi) is 4.68. The third kappa shape index (κ3) is 3.17. The van der Waals surface area contributed by atoms with E-state index in [4.69, 9.17) is 4.42 Å². The van der Waals surface area contributed by atoms with Gasteiger partial charge >= 0.3 is 0 Å². The average molecular weight is 383 g/mol. The van der Waals surface area contributed by atoms with Crippen molar-refractivity contribution in [3.8, 4) is 0 Å². The number of hydrogen-bond acceptors (Lipinski definition) is 4. The van der Waals surface area contributed by atoms with E-state index in [1.165, 1.54) is 30.7 Å². The number of halogens is 1. The Balaban J connectivity index is 1.54. The van der Waals surface area contributed by atoms with E-state index >= 15 is 0 Å². The molecule has 1 aliphatic rings. The lowest BCUT2D eigenvalue weighted by Crippen LogP contribution is -2.38. The van der Waals surface area contributed by atoms with Gasteiger partial charge in [0.05, 0.1) is 11.8 Å². The van der Waals surface area contributed by atoms with Crippen LogP contribution in [0.1, 0.15) is 27.3 Å². The molecule has 0 bridgehead atoms. The molecular weight excluding hydrogens is 365 g/mol. The summed E-state index contributed by atoms with van der Waals surface area (Å²) < 4.78 is 19.0. The summed E-state index contributed by atoms with van der Waals surface area (Å²) in [5.74, 6) is -0.943. The van der Waals surface area contributed by atoms with Crippen LogP contribution >= 0.6 is 0 Å². The monoisotopic (exact) mass is 383 g/mol. The van der Waals surface area contributed by atoms with E-state index in [1.807, 2.05) is 0 Å². The molecule has 1 saturated heterocycles. The molecule has 4 rings (SSSR count). The van der Waals surface area contributed by atoms with Gasteiger partial charge in [-0.05, 0) is 30.7 Å². The van der Waals surface area contributed by atoms with Crippen LogP contribution in [0.5, 0.6) is 0 Å². The van der Waals surface area contributed by atoms with Crippen molar-refractivity contribution in [1.29, 1.82) is 0 Å². The van der Waals surface area contributed by atoms with Crippen LogP contribution in [0.2, 0.25) is 0 Å². The zero-order valence-corrected chi connectivity index (χ0v) is 15.0. The standard InChI is InChI=1S/C20H18FN3O4/c21-15-5-1-4-13-17(15)22-12-14(18(13)25)19(26)23-7-3-8-24(10-9-23)20(27)16-6-2-11-28-16/h1-2,4-6,11-12H,3,7-10H2,(H,22,25). The molecule has 0 aliphatic carbocycles. The van der Waals surface area contributed by atoms with Gasteiger partial charge in [-0.3, -0.25) is 14.4 Å². The highest BCUT2D eigenvalue weighted by Crippen LogP contribution is 2.15. The average Bonchev–Trinajstić information content (AvgIpc) is 3.12. The molecule has 7 nitrogen and oxygen atoms in total. The van der Waals surface area contributed by atoms with Crippen LogP contribution in [-0.2, 0) is 0 Å². The normalized spacial score (nSPS) is 14.9. The van der Waals surface area contributed by atoms with Gasteiger partial charge in [-0.1, -0.05) is 6.07 Å². The topological polar surface area (TPSA) is 86.6 Å². The number of pyridine rings is 1. The van der Waals surface area contributed by atoms with Crippen molar-refractivity contribution in [2.24, 2.45) is 0 Å². The van der Waals surface area contributed by atoms with E-state index in [9.17, 15) is 18.8 Å². The molecule has 1 aliphatic heterocycles. The number of benzene rings is 1. The van der Waals surface area contributed by atoms with Gasteiger partial charge < -0.3 is 19.2 Å². The van der Waals surface area contributed by atoms with E-state index in [2.05, 4.69) is 4.98 Å². The Morgan fingerprint density at radius 3 is 2.46 bits per heavy atom. The number of aromatic amines is 1. The van der Waals surface area contributed by atoms with Crippen molar-refractivity contribution in [2.75, 3.05) is 26.2 Å². The molecule has 3 aromatic rings. The Labute approximate surface area is 159 Å². The van der Waals surface area contributed by atoms with E-state index < -0.39 is 17.2 Å². The van der Waals surface area contributed by atoms with Crippen molar-refractivity contribution in [3.63, 3.8) is 0 Å². The third-order valence-electron chi connectivity index (χ3n) is 4.90. The molecule has 1 aromatic carbocycles. The minimum Gasteiger partial charge on any atom is -0.459 e. The first-order chi connectivity index (χ1) is 13.6. The number of aromatic nitrogens is 1. The van der Waals surface area contributed by atoms with Crippen LogP contribution in [0.15, 0.2) is 52.0 Å². The minimum atomic E-state index is -0.546. The highest BCUT2D eigenvalue weighted by molar-refractivity contribution is 5.97. The second kappa shape index (κ2) is 7.30. The third-order valence-corrected chi connectivity index (χ3v) is 4.90. The van der Waals surface area contributed by atoms with E-state index in [0.29, 0.717) is 32.6 Å². The van der Waals surface area contributed by atoms with Gasteiger partial charge in [0, 0.05) is 37.8 Å². The maximum absolute atomic E-state index is 13.8. The summed E-state index contributed by atoms with van der Waals surface area (Å²) in [6, 6.07) is 7.42. The number of nitrogens with zero attached hydrogens (tertiary/aromatic N) is 2. The number of carbonyl (C=O) groups excluding carboxylic acids is 2. The van der Waals surface area contributed by atoms with Crippen molar-refractivity contribution in [1.82, 2.24) is 14.8 Å². The van der Waals surface area contributed by atoms with E-state index in [1.54, 1.807) is 21.9 Å². The largest absolute Gasteiger partial charge is 0.459 e. The Morgan fingerprint density at radius 1 is 1.00 bits per heavy atom. The SMILES string of the molecule is O=C(c1ccco1)N1CCCN(C(=O)c2c[nH]c3c(F)cccc3c2=O)CC1. The van der Waals surface area contributed by atoms with Crippen molar-refractivity contribution in [2.45, 2.75) is 6.42 Å². The summed E-state index contributed by atoms with van der Waals surface area (Å²) in [6.07, 6.45) is 3.28. The molecule has 1 N–H and O–H groups in total. The first-order valence-corrected chi connectivity index (χ1v) is 8.98. The molecule has 2 aromatic heterocycles. The molecule has 1 fully saturated rings. The molecule has 3 heterocycles. The molecule has 2 amide bonds. The van der Waals surface area contributed by atoms with Gasteiger partial charge in [0.2, 0.25) is 5.43 Å². The van der Waals surface area contributed by atoms with E-state index in [-0.39, 0.29) is 28.1 Å². The Bertz CT molecular complexity index is 1090. The zero-order chi connectivity index (χ0) is 19.7. The van der Waals surface area contributed by atoms with Gasteiger partial charge in [-0.2, -0.15) is 0 Å². The molecule has 0 atom stereocenters. The van der Waals surface area contributed by atoms with Crippen LogP contribution in [-0.4, -0.2) is 52.8 Å². The smallest absolute Gasteiger partial charge is 0.289 e. The fraction of sp³-hybridized carbons (Fsp3) is 0.250. The number of nitrogens with one attached hydrogen (secondary N) is 1. The lowest BCUT2D eigenvalue weighted by atomic mass is 10.1. The molecule has 0 saturated carbocycles. The van der Waals surface area contributed by atoms with Crippen LogP contribution < -0.4 is 5.43 Å². The van der Waals surface area contributed by atoms with Crippen molar-refractivity contribution in [3.05, 3.63) is 70.2 Å². The first-order valence-electron chi connectivity index (χ1n) is 8.98. The summed E-state index contributed by atoms with van der Waals surface area (Å²) in [5, 5.41) is 0.135. The lowest BCUT2D eigenvalue weighted by molar-refractivity contribution is 0.0699. The fourth-order valence-electron chi connectivity index (χ4n) is 3.42. The Morgan fingerprint density at radius 2 is 1.75 bits per heavy atom. The fourth-order valence-corrected chi connectivity index (χ4v) is 3.42. The number of amides is 2. The maximum Gasteiger partial charge on any atom is 0.289 e. The molecule has 0 radical (unpaired) electrons. The molecule has 8 heteroatoms. The van der Waals surface area contributed by atoms with Gasteiger partial charge in [-0.15, -0.1) is 0 Å². The number of para-hydroxylation sites is 1. The number of carbonyl (C=O) groups is 2. The summed E-state index contributed by atoms with van der Waals surface area (Å²) in [6.45, 7) is 1.54. The van der Waals surface area contributed by atoms with Gasteiger partial charge in [0.15, 0.2) is 5.76 Å². The molecule has 28 heavy (non-hydrogen) atoms. The molecule has 144 valence electrons. The second-order valence-electron chi connectivity index (χ2n) is 6.61. The van der Waals surface area contributed by atoms with Crippen LogP contribution in [0.3, 0.4) is 0 Å². The molecular formula is C20H18FN3O4. The van der Waals surface area contributed by atoms with Crippen molar-refractivity contribution >= 4 is 22.7 Å². The maximum atomic E-state index is 13.8. The Hall–Kier alpha value is -3.42. The number of rotatable bonds is 2. The summed E-state index contributed by atoms with van der Waals surface area (Å²) in [7, 11) is 0. The number of fused-ring (bicyclic) bond motifs is 1. The highest BCUT2D eigenvalue weighted by atomic mass is 19.1. The number of furan rings is 1. The summed E-state index contributed by atoms with van der Waals surface area (Å²) in [5.41, 5.74) is -0.468. The summed E-state index contributed by atoms with van der Waals surface area (Å²) >= 11 is 0. The van der Waals surface area contributed by atoms with Crippen LogP contribution in [0.4, 0.5) is 4.39 Å². The van der Waals surface area contributed by atoms with Gasteiger partial charge in [0.1, 0.15) is 11.4 Å². The van der Waals surface area contributed by atoms with Gasteiger partial charge in [0.25, 0.3) is 11.8 Å². The number of hydrogen-bond donors (Lipinski definition) is 1. The zero-order valence-electron chi connectivity index (χ0n) is 15.0. The van der Waals surface area contributed by atoms with Crippen LogP contribution in [0.25, 0.3) is 10.9 Å². The molecule has 0 unspecified atom stereocenters. The molecule has 0 spiro atoms.